The van der Waals surface area contributed by atoms with E-state index in [2.05, 4.69) is 15.6 Å². The van der Waals surface area contributed by atoms with Gasteiger partial charge in [-0.2, -0.15) is 0 Å². The highest BCUT2D eigenvalue weighted by molar-refractivity contribution is 5.95. The van der Waals surface area contributed by atoms with E-state index in [1.807, 2.05) is 37.3 Å². The second kappa shape index (κ2) is 7.40. The molecule has 0 aliphatic carbocycles. The molecule has 0 saturated carbocycles. The van der Waals surface area contributed by atoms with Crippen molar-refractivity contribution in [1.29, 1.82) is 0 Å². The number of carbonyl (C=O) groups excluding carboxylic acids is 1. The minimum absolute atomic E-state index is 0.0435. The number of hydrogen-bond acceptors (Lipinski definition) is 4. The highest BCUT2D eigenvalue weighted by atomic mass is 16.3. The van der Waals surface area contributed by atoms with E-state index in [1.54, 1.807) is 18.3 Å². The number of amides is 1. The number of aliphatic hydroxyl groups excluding tert-OH is 1. The molecule has 3 N–H and O–H groups in total. The lowest BCUT2D eigenvalue weighted by Crippen LogP contribution is -2.26. The van der Waals surface area contributed by atoms with Crippen LogP contribution in [0.15, 0.2) is 48.7 Å². The fourth-order valence-electron chi connectivity index (χ4n) is 1.98. The van der Waals surface area contributed by atoms with E-state index >= 15 is 0 Å². The Bertz CT molecular complexity index is 587. The van der Waals surface area contributed by atoms with Crippen molar-refractivity contribution in [1.82, 2.24) is 10.3 Å². The Kier molecular flexibility index (Phi) is 5.29. The molecule has 1 atom stereocenters. The molecule has 1 heterocycles. The molecule has 1 aromatic carbocycles. The summed E-state index contributed by atoms with van der Waals surface area (Å²) in [5, 5.41) is 14.7. The first-order chi connectivity index (χ1) is 10.2. The van der Waals surface area contributed by atoms with Gasteiger partial charge in [0.15, 0.2) is 0 Å². The molecule has 0 fully saturated rings. The SMILES string of the molecule is CC(Nc1cccc(C(=O)NCCO)c1)c1ccccn1. The van der Waals surface area contributed by atoms with Crippen LogP contribution in [-0.2, 0) is 0 Å². The molecule has 2 aromatic rings. The molecule has 0 aliphatic heterocycles. The molecule has 0 bridgehead atoms. The fraction of sp³-hybridized carbons (Fsp3) is 0.250. The first-order valence-corrected chi connectivity index (χ1v) is 6.87. The van der Waals surface area contributed by atoms with Gasteiger partial charge in [0.2, 0.25) is 0 Å². The molecule has 1 aromatic heterocycles. The van der Waals surface area contributed by atoms with Crippen LogP contribution in [0, 0.1) is 0 Å². The molecule has 1 amide bonds. The number of pyridine rings is 1. The predicted molar refractivity (Wildman–Crippen MR) is 82.1 cm³/mol. The molecule has 1 unspecified atom stereocenters. The van der Waals surface area contributed by atoms with Crippen molar-refractivity contribution < 1.29 is 9.90 Å². The van der Waals surface area contributed by atoms with Crippen molar-refractivity contribution in [3.05, 3.63) is 59.9 Å². The summed E-state index contributed by atoms with van der Waals surface area (Å²) in [6, 6.07) is 13.1. The van der Waals surface area contributed by atoms with Gasteiger partial charge in [-0.3, -0.25) is 9.78 Å². The molecule has 0 spiro atoms. The van der Waals surface area contributed by atoms with Crippen LogP contribution >= 0.6 is 0 Å². The van der Waals surface area contributed by atoms with Crippen LogP contribution in [0.25, 0.3) is 0 Å². The van der Waals surface area contributed by atoms with Crippen molar-refractivity contribution >= 4 is 11.6 Å². The maximum absolute atomic E-state index is 11.8. The third-order valence-electron chi connectivity index (χ3n) is 3.04. The lowest BCUT2D eigenvalue weighted by atomic mass is 10.1. The van der Waals surface area contributed by atoms with Crippen LogP contribution < -0.4 is 10.6 Å². The largest absolute Gasteiger partial charge is 0.395 e. The van der Waals surface area contributed by atoms with E-state index in [0.717, 1.165) is 11.4 Å². The van der Waals surface area contributed by atoms with Crippen LogP contribution in [0.3, 0.4) is 0 Å². The van der Waals surface area contributed by atoms with E-state index in [0.29, 0.717) is 5.56 Å². The summed E-state index contributed by atoms with van der Waals surface area (Å²) >= 11 is 0. The summed E-state index contributed by atoms with van der Waals surface area (Å²) in [4.78, 5) is 16.2. The molecule has 2 rings (SSSR count). The van der Waals surface area contributed by atoms with Gasteiger partial charge in [-0.25, -0.2) is 0 Å². The molecular weight excluding hydrogens is 266 g/mol. The molecule has 0 saturated heterocycles. The van der Waals surface area contributed by atoms with Gasteiger partial charge in [0.1, 0.15) is 0 Å². The number of hydrogen-bond donors (Lipinski definition) is 3. The Morgan fingerprint density at radius 3 is 2.86 bits per heavy atom. The highest BCUT2D eigenvalue weighted by Gasteiger charge is 2.08. The fourth-order valence-corrected chi connectivity index (χ4v) is 1.98. The van der Waals surface area contributed by atoms with E-state index in [4.69, 9.17) is 5.11 Å². The van der Waals surface area contributed by atoms with E-state index in [9.17, 15) is 4.79 Å². The molecule has 0 aliphatic rings. The topological polar surface area (TPSA) is 74.2 Å². The molecule has 110 valence electrons. The zero-order valence-corrected chi connectivity index (χ0v) is 11.9. The van der Waals surface area contributed by atoms with Gasteiger partial charge in [0.25, 0.3) is 5.91 Å². The molecule has 0 radical (unpaired) electrons. The second-order valence-corrected chi connectivity index (χ2v) is 4.68. The number of aromatic nitrogens is 1. The van der Waals surface area contributed by atoms with Crippen molar-refractivity contribution in [2.24, 2.45) is 0 Å². The Hall–Kier alpha value is -2.40. The van der Waals surface area contributed by atoms with Crippen LogP contribution in [0.4, 0.5) is 5.69 Å². The summed E-state index contributed by atoms with van der Waals surface area (Å²) in [6.07, 6.45) is 1.76. The summed E-state index contributed by atoms with van der Waals surface area (Å²) in [7, 11) is 0. The standard InChI is InChI=1S/C16H19N3O2/c1-12(15-7-2-3-8-17-15)19-14-6-4-5-13(11-14)16(21)18-9-10-20/h2-8,11-12,19-20H,9-10H2,1H3,(H,18,21). The van der Waals surface area contributed by atoms with Crippen LogP contribution in [0.5, 0.6) is 0 Å². The smallest absolute Gasteiger partial charge is 0.251 e. The van der Waals surface area contributed by atoms with E-state index < -0.39 is 0 Å². The minimum atomic E-state index is -0.196. The van der Waals surface area contributed by atoms with Crippen molar-refractivity contribution in [2.45, 2.75) is 13.0 Å². The van der Waals surface area contributed by atoms with Crippen molar-refractivity contribution in [3.8, 4) is 0 Å². The molecule has 21 heavy (non-hydrogen) atoms. The lowest BCUT2D eigenvalue weighted by molar-refractivity contribution is 0.0945. The number of nitrogens with one attached hydrogen (secondary N) is 2. The average molecular weight is 285 g/mol. The minimum Gasteiger partial charge on any atom is -0.395 e. The Morgan fingerprint density at radius 1 is 1.29 bits per heavy atom. The molecule has 5 heteroatoms. The number of aliphatic hydroxyl groups is 1. The van der Waals surface area contributed by atoms with Crippen molar-refractivity contribution in [3.63, 3.8) is 0 Å². The summed E-state index contributed by atoms with van der Waals surface area (Å²) in [6.45, 7) is 2.20. The maximum Gasteiger partial charge on any atom is 0.251 e. The summed E-state index contributed by atoms with van der Waals surface area (Å²) < 4.78 is 0. The van der Waals surface area contributed by atoms with Gasteiger partial charge in [-0.1, -0.05) is 12.1 Å². The first-order valence-electron chi connectivity index (χ1n) is 6.87. The van der Waals surface area contributed by atoms with Crippen LogP contribution in [0.2, 0.25) is 0 Å². The Balaban J connectivity index is 2.06. The third kappa shape index (κ3) is 4.29. The van der Waals surface area contributed by atoms with Gasteiger partial charge in [-0.15, -0.1) is 0 Å². The number of nitrogens with zero attached hydrogens (tertiary/aromatic N) is 1. The Morgan fingerprint density at radius 2 is 2.14 bits per heavy atom. The van der Waals surface area contributed by atoms with E-state index in [-0.39, 0.29) is 25.1 Å². The predicted octanol–water partition coefficient (Wildman–Crippen LogP) is 1.98. The van der Waals surface area contributed by atoms with Gasteiger partial charge < -0.3 is 15.7 Å². The second-order valence-electron chi connectivity index (χ2n) is 4.68. The molecule has 5 nitrogen and oxygen atoms in total. The Labute approximate surface area is 124 Å². The van der Waals surface area contributed by atoms with Crippen LogP contribution in [-0.4, -0.2) is 29.1 Å². The lowest BCUT2D eigenvalue weighted by Gasteiger charge is -2.15. The van der Waals surface area contributed by atoms with Crippen LogP contribution in [0.1, 0.15) is 29.0 Å². The van der Waals surface area contributed by atoms with Gasteiger partial charge >= 0.3 is 0 Å². The average Bonchev–Trinajstić information content (AvgIpc) is 2.53. The normalized spacial score (nSPS) is 11.7. The maximum atomic E-state index is 11.8. The summed E-state index contributed by atoms with van der Waals surface area (Å²) in [5.41, 5.74) is 2.35. The zero-order valence-electron chi connectivity index (χ0n) is 11.9. The van der Waals surface area contributed by atoms with Gasteiger partial charge in [0.05, 0.1) is 18.3 Å². The first kappa shape index (κ1) is 15.0. The number of carbonyl (C=O) groups is 1. The van der Waals surface area contributed by atoms with Gasteiger partial charge in [-0.05, 0) is 37.3 Å². The van der Waals surface area contributed by atoms with Crippen molar-refractivity contribution in [2.75, 3.05) is 18.5 Å². The highest BCUT2D eigenvalue weighted by Crippen LogP contribution is 2.18. The monoisotopic (exact) mass is 285 g/mol. The van der Waals surface area contributed by atoms with Gasteiger partial charge in [0, 0.05) is 24.0 Å². The van der Waals surface area contributed by atoms with E-state index in [1.165, 1.54) is 0 Å². The quantitative estimate of drug-likeness (QED) is 0.758. The molecular formula is C16H19N3O2. The number of benzene rings is 1. The number of rotatable bonds is 6. The zero-order chi connectivity index (χ0) is 15.1. The third-order valence-corrected chi connectivity index (χ3v) is 3.04. The summed E-state index contributed by atoms with van der Waals surface area (Å²) in [5.74, 6) is -0.196. The number of anilines is 1.